The topological polar surface area (TPSA) is 68.1 Å². The lowest BCUT2D eigenvalue weighted by atomic mass is 10.0. The first kappa shape index (κ1) is 16.2. The van der Waals surface area contributed by atoms with Crippen molar-refractivity contribution in [1.29, 1.82) is 0 Å². The number of hydrogen-bond acceptors (Lipinski definition) is 6. The fraction of sp³-hybridized carbons (Fsp3) is 0.312. The van der Waals surface area contributed by atoms with Gasteiger partial charge < -0.3 is 5.32 Å². The van der Waals surface area contributed by atoms with Crippen LogP contribution in [0.2, 0.25) is 0 Å². The van der Waals surface area contributed by atoms with Crippen molar-refractivity contribution in [3.8, 4) is 0 Å². The van der Waals surface area contributed by atoms with Crippen LogP contribution in [-0.4, -0.2) is 22.7 Å². The van der Waals surface area contributed by atoms with Crippen LogP contribution in [0, 0.1) is 10.1 Å². The van der Waals surface area contributed by atoms with Gasteiger partial charge in [0.15, 0.2) is 0 Å². The molecule has 1 aromatic carbocycles. The fourth-order valence-corrected chi connectivity index (χ4v) is 4.46. The van der Waals surface area contributed by atoms with Crippen molar-refractivity contribution in [3.63, 3.8) is 0 Å². The molecule has 0 radical (unpaired) electrons. The number of nitrogens with one attached hydrogen (secondary N) is 1. The summed E-state index contributed by atoms with van der Waals surface area (Å²) in [5.74, 6) is 1.14. The normalized spacial score (nSPS) is 15.4. The van der Waals surface area contributed by atoms with Gasteiger partial charge in [0.1, 0.15) is 5.01 Å². The Morgan fingerprint density at radius 3 is 2.78 bits per heavy atom. The summed E-state index contributed by atoms with van der Waals surface area (Å²) < 4.78 is 0. The molecule has 23 heavy (non-hydrogen) atoms. The number of nitro benzene ring substituents is 1. The molecular weight excluding hydrogens is 330 g/mol. The Morgan fingerprint density at radius 2 is 2.17 bits per heavy atom. The number of aromatic nitrogens is 1. The smallest absolute Gasteiger partial charge is 0.269 e. The highest BCUT2D eigenvalue weighted by molar-refractivity contribution is 8.08. The number of thiazole rings is 1. The molecule has 0 spiro atoms. The molecule has 0 fully saturated rings. The number of thioether (sulfide) groups is 1. The van der Waals surface area contributed by atoms with E-state index in [1.807, 2.05) is 30.9 Å². The van der Waals surface area contributed by atoms with Crippen LogP contribution in [0.5, 0.6) is 0 Å². The highest BCUT2D eigenvalue weighted by Gasteiger charge is 2.17. The molecule has 0 saturated heterocycles. The summed E-state index contributed by atoms with van der Waals surface area (Å²) >= 11 is 3.54. The van der Waals surface area contributed by atoms with Crippen molar-refractivity contribution in [2.75, 3.05) is 12.8 Å². The zero-order valence-corrected chi connectivity index (χ0v) is 14.3. The van der Waals surface area contributed by atoms with Crippen LogP contribution in [0.4, 0.5) is 5.69 Å². The van der Waals surface area contributed by atoms with Crippen molar-refractivity contribution in [3.05, 3.63) is 62.1 Å². The molecule has 7 heteroatoms. The Kier molecular flexibility index (Phi) is 5.09. The number of nitro groups is 1. The lowest BCUT2D eigenvalue weighted by molar-refractivity contribution is -0.384. The van der Waals surface area contributed by atoms with Crippen molar-refractivity contribution in [2.24, 2.45) is 0 Å². The van der Waals surface area contributed by atoms with Gasteiger partial charge in [-0.15, -0.1) is 23.1 Å². The van der Waals surface area contributed by atoms with Crippen molar-refractivity contribution in [2.45, 2.75) is 18.9 Å². The lowest BCUT2D eigenvalue weighted by Crippen LogP contribution is -2.19. The number of non-ortho nitro benzene ring substituents is 1. The van der Waals surface area contributed by atoms with Gasteiger partial charge >= 0.3 is 0 Å². The third kappa shape index (κ3) is 3.80. The number of nitrogens with zero attached hydrogens (tertiary/aromatic N) is 2. The van der Waals surface area contributed by atoms with Gasteiger partial charge in [-0.2, -0.15) is 0 Å². The van der Waals surface area contributed by atoms with Crippen LogP contribution in [0.3, 0.4) is 0 Å². The maximum atomic E-state index is 10.7. The Balaban J connectivity index is 1.73. The lowest BCUT2D eigenvalue weighted by Gasteiger charge is -2.13. The second kappa shape index (κ2) is 7.25. The fourth-order valence-electron chi connectivity index (χ4n) is 2.47. The third-order valence-corrected chi connectivity index (χ3v) is 5.86. The Morgan fingerprint density at radius 1 is 1.39 bits per heavy atom. The average molecular weight is 347 g/mol. The summed E-state index contributed by atoms with van der Waals surface area (Å²) in [6.07, 6.45) is 4.12. The zero-order chi connectivity index (χ0) is 16.2. The van der Waals surface area contributed by atoms with Gasteiger partial charge in [-0.25, -0.2) is 4.98 Å². The standard InChI is InChI=1S/C16H17N3O2S2/c1-17-13(9-11-4-6-12(7-5-11)19(20)21)14-10-23-16(18-14)15-3-2-8-22-15/h3-7,10,13,17H,2,8-9H2,1H3/t13-/m0/s1. The molecule has 1 N–H and O–H groups in total. The molecule has 0 bridgehead atoms. The maximum Gasteiger partial charge on any atom is 0.269 e. The van der Waals surface area contributed by atoms with E-state index in [1.54, 1.807) is 23.5 Å². The van der Waals surface area contributed by atoms with Gasteiger partial charge in [0.2, 0.25) is 0 Å². The number of likely N-dealkylation sites (N-methyl/N-ethyl adjacent to an activating group) is 1. The van der Waals surface area contributed by atoms with E-state index in [1.165, 1.54) is 4.91 Å². The van der Waals surface area contributed by atoms with Gasteiger partial charge in [0.25, 0.3) is 5.69 Å². The summed E-state index contributed by atoms with van der Waals surface area (Å²) in [5.41, 5.74) is 2.20. The van der Waals surface area contributed by atoms with Gasteiger partial charge in [0, 0.05) is 28.2 Å². The molecule has 1 aliphatic rings. The summed E-state index contributed by atoms with van der Waals surface area (Å²) in [6.45, 7) is 0. The molecule has 1 atom stereocenters. The van der Waals surface area contributed by atoms with Crippen molar-refractivity contribution in [1.82, 2.24) is 10.3 Å². The molecule has 0 aliphatic carbocycles. The summed E-state index contributed by atoms with van der Waals surface area (Å²) in [6, 6.07) is 6.83. The van der Waals surface area contributed by atoms with Crippen molar-refractivity contribution >= 4 is 33.7 Å². The second-order valence-corrected chi connectivity index (χ2v) is 7.25. The number of benzene rings is 1. The van der Waals surface area contributed by atoms with Crippen LogP contribution in [0.25, 0.3) is 4.91 Å². The summed E-state index contributed by atoms with van der Waals surface area (Å²) in [4.78, 5) is 16.4. The molecule has 1 aliphatic heterocycles. The van der Waals surface area contributed by atoms with E-state index in [4.69, 9.17) is 4.98 Å². The Bertz CT molecular complexity index is 725. The molecule has 3 rings (SSSR count). The van der Waals surface area contributed by atoms with Gasteiger partial charge in [-0.3, -0.25) is 10.1 Å². The zero-order valence-electron chi connectivity index (χ0n) is 12.7. The third-order valence-electron chi connectivity index (χ3n) is 3.73. The minimum atomic E-state index is -0.376. The SMILES string of the molecule is CN[C@@H](Cc1ccc([N+](=O)[O-])cc1)c1csc(C2=CCCS2)n1. The molecular formula is C16H17N3O2S2. The first-order chi connectivity index (χ1) is 11.2. The van der Waals surface area contributed by atoms with Gasteiger partial charge in [-0.1, -0.05) is 18.2 Å². The van der Waals surface area contributed by atoms with Crippen LogP contribution in [0.15, 0.2) is 35.7 Å². The second-order valence-electron chi connectivity index (χ2n) is 5.25. The molecule has 120 valence electrons. The van der Waals surface area contributed by atoms with E-state index in [0.29, 0.717) is 0 Å². The van der Waals surface area contributed by atoms with E-state index >= 15 is 0 Å². The molecule has 5 nitrogen and oxygen atoms in total. The highest BCUT2D eigenvalue weighted by Crippen LogP contribution is 2.36. The van der Waals surface area contributed by atoms with Crippen LogP contribution in [-0.2, 0) is 6.42 Å². The van der Waals surface area contributed by atoms with Crippen LogP contribution >= 0.6 is 23.1 Å². The molecule has 0 saturated carbocycles. The first-order valence-corrected chi connectivity index (χ1v) is 9.23. The van der Waals surface area contributed by atoms with Crippen LogP contribution in [0.1, 0.15) is 28.7 Å². The molecule has 0 unspecified atom stereocenters. The molecule has 2 aromatic rings. The average Bonchev–Trinajstić information content (AvgIpc) is 3.24. The largest absolute Gasteiger partial charge is 0.311 e. The van der Waals surface area contributed by atoms with Crippen molar-refractivity contribution < 1.29 is 4.92 Å². The van der Waals surface area contributed by atoms with E-state index in [2.05, 4.69) is 16.8 Å². The molecule has 2 heterocycles. The minimum Gasteiger partial charge on any atom is -0.311 e. The Labute approximate surface area is 143 Å². The number of rotatable bonds is 6. The Hall–Kier alpha value is -1.70. The quantitative estimate of drug-likeness (QED) is 0.631. The van der Waals surface area contributed by atoms with Gasteiger partial charge in [0.05, 0.1) is 16.7 Å². The summed E-state index contributed by atoms with van der Waals surface area (Å²) in [5, 5.41) is 17.2. The van der Waals surface area contributed by atoms with Crippen LogP contribution < -0.4 is 5.32 Å². The van der Waals surface area contributed by atoms with E-state index in [0.717, 1.165) is 34.9 Å². The predicted molar refractivity (Wildman–Crippen MR) is 95.8 cm³/mol. The first-order valence-electron chi connectivity index (χ1n) is 7.36. The highest BCUT2D eigenvalue weighted by atomic mass is 32.2. The predicted octanol–water partition coefficient (Wildman–Crippen LogP) is 4.03. The number of hydrogen-bond donors (Lipinski definition) is 1. The van der Waals surface area contributed by atoms with E-state index < -0.39 is 0 Å². The minimum absolute atomic E-state index is 0.105. The van der Waals surface area contributed by atoms with Gasteiger partial charge in [-0.05, 0) is 25.5 Å². The van der Waals surface area contributed by atoms with E-state index in [-0.39, 0.29) is 16.7 Å². The summed E-state index contributed by atoms with van der Waals surface area (Å²) in [7, 11) is 1.92. The van der Waals surface area contributed by atoms with E-state index in [9.17, 15) is 10.1 Å². The molecule has 1 aromatic heterocycles. The number of allylic oxidation sites excluding steroid dienone is 1. The maximum absolute atomic E-state index is 10.7. The monoisotopic (exact) mass is 347 g/mol. The molecule has 0 amide bonds.